The number of rotatable bonds is 5. The highest BCUT2D eigenvalue weighted by atomic mass is 19.4. The lowest BCUT2D eigenvalue weighted by atomic mass is 9.72. The van der Waals surface area contributed by atoms with E-state index >= 15 is 0 Å². The normalized spacial score (nSPS) is 15.9. The quantitative estimate of drug-likeness (QED) is 0.528. The Labute approximate surface area is 193 Å². The summed E-state index contributed by atoms with van der Waals surface area (Å²) in [6.45, 7) is 6.71. The van der Waals surface area contributed by atoms with Crippen molar-refractivity contribution in [1.82, 2.24) is 0 Å². The van der Waals surface area contributed by atoms with E-state index in [1.165, 1.54) is 37.7 Å². The van der Waals surface area contributed by atoms with Crippen molar-refractivity contribution < 1.29 is 27.9 Å². The number of carboxylic acid groups (broad SMARTS) is 1. The Morgan fingerprint density at radius 3 is 2.03 bits per heavy atom. The molecule has 0 heterocycles. The third-order valence-electron chi connectivity index (χ3n) is 6.33. The molecular formula is C26H32F3NO3. The minimum atomic E-state index is -5.08. The number of amides is 1. The van der Waals surface area contributed by atoms with Crippen LogP contribution in [0.25, 0.3) is 11.1 Å². The highest BCUT2D eigenvalue weighted by Crippen LogP contribution is 2.39. The zero-order valence-electron chi connectivity index (χ0n) is 19.3. The first kappa shape index (κ1) is 26.4. The van der Waals surface area contributed by atoms with Crippen molar-refractivity contribution in [2.75, 3.05) is 0 Å². The molecule has 0 bridgehead atoms. The topological polar surface area (TPSA) is 80.4 Å². The van der Waals surface area contributed by atoms with Crippen LogP contribution in [-0.4, -0.2) is 23.2 Å². The maximum absolute atomic E-state index is 11.6. The molecule has 3 rings (SSSR count). The predicted molar refractivity (Wildman–Crippen MR) is 123 cm³/mol. The van der Waals surface area contributed by atoms with Crippen LogP contribution in [0.15, 0.2) is 42.5 Å². The largest absolute Gasteiger partial charge is 0.490 e. The smallest absolute Gasteiger partial charge is 0.475 e. The third kappa shape index (κ3) is 8.22. The van der Waals surface area contributed by atoms with E-state index in [9.17, 15) is 18.0 Å². The van der Waals surface area contributed by atoms with E-state index in [0.29, 0.717) is 11.0 Å². The van der Waals surface area contributed by atoms with Gasteiger partial charge in [0.15, 0.2) is 0 Å². The van der Waals surface area contributed by atoms with Crippen molar-refractivity contribution in [3.63, 3.8) is 0 Å². The highest BCUT2D eigenvalue weighted by molar-refractivity contribution is 5.95. The number of halogens is 3. The molecule has 0 saturated heterocycles. The molecule has 1 fully saturated rings. The van der Waals surface area contributed by atoms with Gasteiger partial charge in [0.25, 0.3) is 0 Å². The lowest BCUT2D eigenvalue weighted by Crippen LogP contribution is -2.21. The zero-order valence-corrected chi connectivity index (χ0v) is 19.3. The van der Waals surface area contributed by atoms with Crippen molar-refractivity contribution in [3.8, 4) is 11.1 Å². The number of benzene rings is 2. The molecule has 2 aromatic rings. The van der Waals surface area contributed by atoms with Crippen molar-refractivity contribution in [2.24, 2.45) is 17.1 Å². The van der Waals surface area contributed by atoms with Gasteiger partial charge in [0.2, 0.25) is 5.91 Å². The fourth-order valence-electron chi connectivity index (χ4n) is 4.05. The van der Waals surface area contributed by atoms with Gasteiger partial charge in [-0.3, -0.25) is 4.79 Å². The van der Waals surface area contributed by atoms with Crippen LogP contribution in [-0.2, 0) is 11.2 Å². The number of carbonyl (C=O) groups is 2. The molecule has 7 heteroatoms. The number of carboxylic acids is 1. The van der Waals surface area contributed by atoms with Crippen LogP contribution >= 0.6 is 0 Å². The minimum absolute atomic E-state index is 0.364. The molecule has 1 amide bonds. The Morgan fingerprint density at radius 2 is 1.55 bits per heavy atom. The average molecular weight is 464 g/mol. The van der Waals surface area contributed by atoms with E-state index in [4.69, 9.17) is 15.6 Å². The van der Waals surface area contributed by atoms with Crippen LogP contribution in [0.5, 0.6) is 0 Å². The van der Waals surface area contributed by atoms with Crippen LogP contribution in [0.3, 0.4) is 0 Å². The number of nitrogens with two attached hydrogens (primary N) is 1. The summed E-state index contributed by atoms with van der Waals surface area (Å²) in [6, 6.07) is 14.7. The van der Waals surface area contributed by atoms with Gasteiger partial charge >= 0.3 is 12.1 Å². The summed E-state index contributed by atoms with van der Waals surface area (Å²) in [5.41, 5.74) is 11.1. The summed E-state index contributed by atoms with van der Waals surface area (Å²) in [4.78, 5) is 20.5. The van der Waals surface area contributed by atoms with Gasteiger partial charge in [0.05, 0.1) is 0 Å². The lowest BCUT2D eigenvalue weighted by molar-refractivity contribution is -0.192. The second-order valence-corrected chi connectivity index (χ2v) is 9.54. The van der Waals surface area contributed by atoms with Crippen LogP contribution < -0.4 is 5.73 Å². The molecule has 0 radical (unpaired) electrons. The summed E-state index contributed by atoms with van der Waals surface area (Å²) in [5.74, 6) is -2.23. The molecule has 1 aliphatic carbocycles. The first-order valence-corrected chi connectivity index (χ1v) is 11.1. The Kier molecular flexibility index (Phi) is 8.69. The van der Waals surface area contributed by atoms with E-state index in [1.807, 2.05) is 19.1 Å². The van der Waals surface area contributed by atoms with Gasteiger partial charge in [-0.1, -0.05) is 50.2 Å². The SMILES string of the molecule is Cc1ccc(-c2ccc(CCC3CCC(C)(C)CC3)cc2)cc1C(N)=O.O=C(O)C(F)(F)F. The fraction of sp³-hybridized carbons (Fsp3) is 0.462. The van der Waals surface area contributed by atoms with Crippen LogP contribution in [0.2, 0.25) is 0 Å². The number of hydrogen-bond acceptors (Lipinski definition) is 2. The first-order valence-electron chi connectivity index (χ1n) is 11.1. The third-order valence-corrected chi connectivity index (χ3v) is 6.33. The molecule has 1 aliphatic rings. The summed E-state index contributed by atoms with van der Waals surface area (Å²) < 4.78 is 31.7. The molecule has 2 aromatic carbocycles. The van der Waals surface area contributed by atoms with Crippen LogP contribution in [0.1, 0.15) is 67.4 Å². The second-order valence-electron chi connectivity index (χ2n) is 9.54. The molecule has 180 valence electrons. The van der Waals surface area contributed by atoms with Gasteiger partial charge in [-0.25, -0.2) is 4.79 Å². The Morgan fingerprint density at radius 1 is 1.03 bits per heavy atom. The summed E-state index contributed by atoms with van der Waals surface area (Å²) in [5, 5.41) is 7.12. The molecule has 0 unspecified atom stereocenters. The van der Waals surface area contributed by atoms with Crippen molar-refractivity contribution in [2.45, 2.75) is 65.5 Å². The lowest BCUT2D eigenvalue weighted by Gasteiger charge is -2.34. The van der Waals surface area contributed by atoms with Crippen molar-refractivity contribution in [3.05, 3.63) is 59.2 Å². The molecule has 33 heavy (non-hydrogen) atoms. The number of aryl methyl sites for hydroxylation is 2. The van der Waals surface area contributed by atoms with E-state index in [2.05, 4.69) is 44.2 Å². The average Bonchev–Trinajstić information content (AvgIpc) is 2.73. The highest BCUT2D eigenvalue weighted by Gasteiger charge is 2.38. The van der Waals surface area contributed by atoms with Gasteiger partial charge in [-0.05, 0) is 85.1 Å². The maximum Gasteiger partial charge on any atom is 0.490 e. The monoisotopic (exact) mass is 463 g/mol. The first-order chi connectivity index (χ1) is 15.3. The van der Waals surface area contributed by atoms with Crippen LogP contribution in [0.4, 0.5) is 13.2 Å². The number of primary amides is 1. The van der Waals surface area contributed by atoms with Gasteiger partial charge in [-0.2, -0.15) is 13.2 Å². The van der Waals surface area contributed by atoms with Gasteiger partial charge in [0.1, 0.15) is 0 Å². The Balaban J connectivity index is 0.000000479. The summed E-state index contributed by atoms with van der Waals surface area (Å²) in [6.07, 6.45) is 2.87. The van der Waals surface area contributed by atoms with Crippen molar-refractivity contribution >= 4 is 11.9 Å². The predicted octanol–water partition coefficient (Wildman–Crippen LogP) is 6.54. The number of aliphatic carboxylic acids is 1. The van der Waals surface area contributed by atoms with Crippen LogP contribution in [0, 0.1) is 18.3 Å². The number of hydrogen-bond donors (Lipinski definition) is 2. The minimum Gasteiger partial charge on any atom is -0.475 e. The van der Waals surface area contributed by atoms with Gasteiger partial charge in [0, 0.05) is 5.56 Å². The van der Waals surface area contributed by atoms with Crippen molar-refractivity contribution in [1.29, 1.82) is 0 Å². The Hall–Kier alpha value is -2.83. The second kappa shape index (κ2) is 10.9. The molecule has 0 aromatic heterocycles. The molecule has 0 atom stereocenters. The number of alkyl halides is 3. The standard InChI is InChI=1S/C24H31NO.C2HF3O2/c1-17-4-9-21(16-22(17)23(25)26)20-10-7-18(8-11-20)5-6-19-12-14-24(2,3)15-13-19;3-2(4,5)1(6)7/h4,7-11,16,19H,5-6,12-15H2,1-3H3,(H2,25,26);(H,6,7). The Bertz CT molecular complexity index is 956. The van der Waals surface area contributed by atoms with E-state index < -0.39 is 12.1 Å². The van der Waals surface area contributed by atoms with E-state index in [0.717, 1.165) is 29.0 Å². The number of carbonyl (C=O) groups excluding carboxylic acids is 1. The maximum atomic E-state index is 11.6. The summed E-state index contributed by atoms with van der Waals surface area (Å²) >= 11 is 0. The molecule has 4 nitrogen and oxygen atoms in total. The zero-order chi connectivity index (χ0) is 24.8. The van der Waals surface area contributed by atoms with Gasteiger partial charge in [-0.15, -0.1) is 0 Å². The fourth-order valence-corrected chi connectivity index (χ4v) is 4.05. The molecule has 0 aliphatic heterocycles. The molecular weight excluding hydrogens is 431 g/mol. The molecule has 1 saturated carbocycles. The van der Waals surface area contributed by atoms with E-state index in [-0.39, 0.29) is 5.91 Å². The molecule has 3 N–H and O–H groups in total. The van der Waals surface area contributed by atoms with E-state index in [1.54, 1.807) is 0 Å². The van der Waals surface area contributed by atoms with Gasteiger partial charge < -0.3 is 10.8 Å². The molecule has 0 spiro atoms. The summed E-state index contributed by atoms with van der Waals surface area (Å²) in [7, 11) is 0.